The van der Waals surface area contributed by atoms with E-state index in [9.17, 15) is 0 Å². The van der Waals surface area contributed by atoms with Gasteiger partial charge in [0.25, 0.3) is 0 Å². The molecule has 0 saturated heterocycles. The van der Waals surface area contributed by atoms with Crippen molar-refractivity contribution in [1.82, 2.24) is 5.32 Å². The maximum absolute atomic E-state index is 6.83. The molecule has 2 nitrogen and oxygen atoms in total. The Morgan fingerprint density at radius 3 is 2.36 bits per heavy atom. The fourth-order valence-corrected chi connectivity index (χ4v) is 1.35. The minimum absolute atomic E-state index is 0.187. The topological polar surface area (TPSA) is 35.9 Å². The molecular formula is C8H15IN2. The van der Waals surface area contributed by atoms with Crippen LogP contribution < -0.4 is 5.32 Å². The summed E-state index contributed by atoms with van der Waals surface area (Å²) in [6.45, 7) is 4.31. The molecule has 0 rings (SSSR count). The average Bonchev–Trinajstić information content (AvgIpc) is 1.87. The number of hydrogen-bond donors (Lipinski definition) is 2. The maximum Gasteiger partial charge on any atom is 0.0393 e. The van der Waals surface area contributed by atoms with Crippen LogP contribution in [0.5, 0.6) is 0 Å². The molecule has 0 radical (unpaired) electrons. The molecule has 1 unspecified atom stereocenters. The van der Waals surface area contributed by atoms with Gasteiger partial charge in [-0.05, 0) is 27.0 Å². The zero-order valence-electron chi connectivity index (χ0n) is 7.19. The van der Waals surface area contributed by atoms with E-state index in [2.05, 4.69) is 41.8 Å². The number of likely N-dealkylation sites (N-methyl/N-ethyl adjacent to an activating group) is 1. The third kappa shape index (κ3) is 4.53. The summed E-state index contributed by atoms with van der Waals surface area (Å²) in [7, 11) is 1.93. The lowest BCUT2D eigenvalue weighted by Crippen LogP contribution is -2.38. The molecule has 1 atom stereocenters. The first kappa shape index (κ1) is 11.1. The Bertz CT molecular complexity index is 147. The van der Waals surface area contributed by atoms with Crippen molar-refractivity contribution in [2.75, 3.05) is 7.05 Å². The Morgan fingerprint density at radius 2 is 2.09 bits per heavy atom. The van der Waals surface area contributed by atoms with Crippen molar-refractivity contribution >= 4 is 28.8 Å². The van der Waals surface area contributed by atoms with Crippen LogP contribution in [0, 0.1) is 5.41 Å². The first-order chi connectivity index (χ1) is 5.02. The second-order valence-corrected chi connectivity index (χ2v) is 5.66. The number of hydrogen-bond acceptors (Lipinski definition) is 2. The SMILES string of the molecule is CNC(C=CC=N)C(C)(C)I. The second kappa shape index (κ2) is 4.87. The van der Waals surface area contributed by atoms with Crippen molar-refractivity contribution < 1.29 is 0 Å². The van der Waals surface area contributed by atoms with Gasteiger partial charge in [-0.25, -0.2) is 0 Å². The summed E-state index contributed by atoms with van der Waals surface area (Å²) < 4.78 is 0.187. The van der Waals surface area contributed by atoms with Gasteiger partial charge in [0, 0.05) is 15.7 Å². The van der Waals surface area contributed by atoms with E-state index in [0.717, 1.165) is 0 Å². The van der Waals surface area contributed by atoms with Crippen molar-refractivity contribution in [3.63, 3.8) is 0 Å². The molecule has 11 heavy (non-hydrogen) atoms. The van der Waals surface area contributed by atoms with Crippen molar-refractivity contribution in [2.24, 2.45) is 0 Å². The molecule has 0 heterocycles. The highest BCUT2D eigenvalue weighted by molar-refractivity contribution is 14.1. The normalized spacial score (nSPS) is 15.3. The number of allylic oxidation sites excluding steroid dienone is 1. The molecule has 0 bridgehead atoms. The van der Waals surface area contributed by atoms with Crippen LogP contribution in [0.2, 0.25) is 0 Å². The van der Waals surface area contributed by atoms with E-state index in [-0.39, 0.29) is 3.42 Å². The number of alkyl halides is 1. The van der Waals surface area contributed by atoms with E-state index in [1.54, 1.807) is 6.08 Å². The van der Waals surface area contributed by atoms with Gasteiger partial charge >= 0.3 is 0 Å². The summed E-state index contributed by atoms with van der Waals surface area (Å²) in [6, 6.07) is 0.324. The van der Waals surface area contributed by atoms with E-state index in [4.69, 9.17) is 5.41 Å². The molecule has 0 aromatic carbocycles. The highest BCUT2D eigenvalue weighted by Crippen LogP contribution is 2.21. The molecule has 64 valence electrons. The molecule has 2 N–H and O–H groups in total. The van der Waals surface area contributed by atoms with Crippen molar-refractivity contribution in [3.05, 3.63) is 12.2 Å². The summed E-state index contributed by atoms with van der Waals surface area (Å²) in [5.41, 5.74) is 0. The van der Waals surface area contributed by atoms with E-state index in [1.807, 2.05) is 13.1 Å². The van der Waals surface area contributed by atoms with E-state index < -0.39 is 0 Å². The second-order valence-electron chi connectivity index (χ2n) is 2.88. The van der Waals surface area contributed by atoms with Gasteiger partial charge in [0.05, 0.1) is 0 Å². The molecule has 0 amide bonds. The highest BCUT2D eigenvalue weighted by Gasteiger charge is 2.21. The minimum Gasteiger partial charge on any atom is -0.312 e. The lowest BCUT2D eigenvalue weighted by Gasteiger charge is -2.25. The molecular weight excluding hydrogens is 251 g/mol. The molecule has 3 heteroatoms. The van der Waals surface area contributed by atoms with E-state index in [0.29, 0.717) is 6.04 Å². The predicted molar refractivity (Wildman–Crippen MR) is 58.9 cm³/mol. The standard InChI is InChI=1S/C8H15IN2/c1-8(2,9)7(11-3)5-4-6-10/h4-7,10-11H,1-3H3. The van der Waals surface area contributed by atoms with Crippen LogP contribution in [-0.2, 0) is 0 Å². The van der Waals surface area contributed by atoms with Crippen LogP contribution in [0.15, 0.2) is 12.2 Å². The Balaban J connectivity index is 4.17. The highest BCUT2D eigenvalue weighted by atomic mass is 127. The zero-order chi connectivity index (χ0) is 8.91. The van der Waals surface area contributed by atoms with Gasteiger partial charge in [-0.1, -0.05) is 28.7 Å². The van der Waals surface area contributed by atoms with Crippen LogP contribution in [0.4, 0.5) is 0 Å². The van der Waals surface area contributed by atoms with Gasteiger partial charge < -0.3 is 10.7 Å². The van der Waals surface area contributed by atoms with Crippen molar-refractivity contribution in [2.45, 2.75) is 23.3 Å². The molecule has 0 aliphatic heterocycles. The predicted octanol–water partition coefficient (Wildman–Crippen LogP) is 1.99. The summed E-state index contributed by atoms with van der Waals surface area (Å²) in [5.74, 6) is 0. The Labute approximate surface area is 82.1 Å². The Kier molecular flexibility index (Phi) is 4.92. The molecule has 0 aromatic heterocycles. The van der Waals surface area contributed by atoms with E-state index in [1.165, 1.54) is 6.21 Å². The fourth-order valence-electron chi connectivity index (χ4n) is 0.835. The minimum atomic E-state index is 0.187. The lowest BCUT2D eigenvalue weighted by molar-refractivity contribution is 0.564. The van der Waals surface area contributed by atoms with Crippen molar-refractivity contribution in [1.29, 1.82) is 5.41 Å². The monoisotopic (exact) mass is 266 g/mol. The summed E-state index contributed by atoms with van der Waals surface area (Å²) >= 11 is 2.39. The van der Waals surface area contributed by atoms with Gasteiger partial charge in [0.15, 0.2) is 0 Å². The zero-order valence-corrected chi connectivity index (χ0v) is 9.34. The molecule has 0 aliphatic rings. The van der Waals surface area contributed by atoms with Crippen LogP contribution >= 0.6 is 22.6 Å². The fraction of sp³-hybridized carbons (Fsp3) is 0.625. The van der Waals surface area contributed by atoms with Gasteiger partial charge in [0.1, 0.15) is 0 Å². The first-order valence-corrected chi connectivity index (χ1v) is 4.63. The first-order valence-electron chi connectivity index (χ1n) is 3.56. The number of rotatable bonds is 4. The van der Waals surface area contributed by atoms with Crippen LogP contribution in [0.1, 0.15) is 13.8 Å². The Hall–Kier alpha value is 0.1000. The quantitative estimate of drug-likeness (QED) is 0.455. The third-order valence-electron chi connectivity index (χ3n) is 1.45. The molecule has 0 aromatic rings. The average molecular weight is 266 g/mol. The van der Waals surface area contributed by atoms with Gasteiger partial charge in [0.2, 0.25) is 0 Å². The largest absolute Gasteiger partial charge is 0.312 e. The number of nitrogens with one attached hydrogen (secondary N) is 2. The van der Waals surface area contributed by atoms with Crippen molar-refractivity contribution in [3.8, 4) is 0 Å². The van der Waals surface area contributed by atoms with Gasteiger partial charge in [-0.2, -0.15) is 0 Å². The van der Waals surface area contributed by atoms with Gasteiger partial charge in [-0.15, -0.1) is 0 Å². The smallest absolute Gasteiger partial charge is 0.0393 e. The molecule has 0 aliphatic carbocycles. The molecule has 0 saturated carbocycles. The molecule has 0 fully saturated rings. The van der Waals surface area contributed by atoms with Gasteiger partial charge in [-0.3, -0.25) is 0 Å². The summed E-state index contributed by atoms with van der Waals surface area (Å²) in [5, 5.41) is 10.0. The van der Waals surface area contributed by atoms with E-state index >= 15 is 0 Å². The van der Waals surface area contributed by atoms with Crippen LogP contribution in [-0.4, -0.2) is 22.7 Å². The lowest BCUT2D eigenvalue weighted by atomic mass is 10.0. The summed E-state index contributed by atoms with van der Waals surface area (Å²) in [4.78, 5) is 0. The van der Waals surface area contributed by atoms with Crippen LogP contribution in [0.3, 0.4) is 0 Å². The third-order valence-corrected chi connectivity index (χ3v) is 2.12. The number of halogens is 1. The summed E-state index contributed by atoms with van der Waals surface area (Å²) in [6.07, 6.45) is 5.05. The Morgan fingerprint density at radius 1 is 1.55 bits per heavy atom. The van der Waals surface area contributed by atoms with Crippen LogP contribution in [0.25, 0.3) is 0 Å². The maximum atomic E-state index is 6.83. The molecule has 0 spiro atoms.